The Bertz CT molecular complexity index is 986. The molecule has 0 radical (unpaired) electrons. The fourth-order valence-electron chi connectivity index (χ4n) is 3.49. The third kappa shape index (κ3) is 7.37. The van der Waals surface area contributed by atoms with Crippen LogP contribution in [0.5, 0.6) is 11.5 Å². The van der Waals surface area contributed by atoms with Crippen LogP contribution < -0.4 is 14.4 Å². The zero-order valence-corrected chi connectivity index (χ0v) is 19.4. The molecule has 33 heavy (non-hydrogen) atoms. The Balaban J connectivity index is 1.64. The van der Waals surface area contributed by atoms with Gasteiger partial charge in [-0.25, -0.2) is 0 Å². The Morgan fingerprint density at radius 3 is 2.45 bits per heavy atom. The SMILES string of the molecule is CCOc1cc(C=O)ccc1OCC(O)CN(Cc1ccc(N(C)C)cc1)Cc1ccco1. The first-order valence-electron chi connectivity index (χ1n) is 11.0. The van der Waals surface area contributed by atoms with Crippen molar-refractivity contribution in [3.8, 4) is 11.5 Å². The number of hydrogen-bond acceptors (Lipinski definition) is 7. The summed E-state index contributed by atoms with van der Waals surface area (Å²) in [5.41, 5.74) is 2.79. The number of anilines is 1. The van der Waals surface area contributed by atoms with E-state index in [0.717, 1.165) is 23.3 Å². The van der Waals surface area contributed by atoms with E-state index in [-0.39, 0.29) is 6.61 Å². The van der Waals surface area contributed by atoms with E-state index in [1.165, 1.54) is 0 Å². The number of carbonyl (C=O) groups is 1. The predicted molar refractivity (Wildman–Crippen MR) is 128 cm³/mol. The van der Waals surface area contributed by atoms with E-state index in [9.17, 15) is 9.90 Å². The molecule has 7 heteroatoms. The first-order chi connectivity index (χ1) is 16.0. The Hall–Kier alpha value is -3.29. The molecule has 0 saturated heterocycles. The van der Waals surface area contributed by atoms with Crippen molar-refractivity contribution in [3.63, 3.8) is 0 Å². The van der Waals surface area contributed by atoms with Crippen molar-refractivity contribution in [3.05, 3.63) is 77.7 Å². The van der Waals surface area contributed by atoms with E-state index >= 15 is 0 Å². The minimum Gasteiger partial charge on any atom is -0.490 e. The van der Waals surface area contributed by atoms with E-state index in [1.54, 1.807) is 24.5 Å². The molecule has 0 amide bonds. The standard InChI is InChI=1S/C26H32N2O5/c1-4-31-26-14-21(18-29)9-12-25(26)33-19-23(30)16-28(17-24-6-5-13-32-24)15-20-7-10-22(11-8-20)27(2)3/h5-14,18,23,30H,4,15-17,19H2,1-3H3. The Labute approximate surface area is 195 Å². The second-order valence-electron chi connectivity index (χ2n) is 8.03. The molecule has 1 N–H and O–H groups in total. The quantitative estimate of drug-likeness (QED) is 0.393. The maximum absolute atomic E-state index is 11.0. The number of hydrogen-bond donors (Lipinski definition) is 1. The average Bonchev–Trinajstić information content (AvgIpc) is 3.31. The lowest BCUT2D eigenvalue weighted by Gasteiger charge is -2.25. The maximum atomic E-state index is 11.0. The Morgan fingerprint density at radius 1 is 1.03 bits per heavy atom. The van der Waals surface area contributed by atoms with Gasteiger partial charge in [-0.3, -0.25) is 9.69 Å². The lowest BCUT2D eigenvalue weighted by molar-refractivity contribution is 0.0593. The number of nitrogens with zero attached hydrogens (tertiary/aromatic N) is 2. The van der Waals surface area contributed by atoms with Crippen LogP contribution >= 0.6 is 0 Å². The number of aldehydes is 1. The van der Waals surface area contributed by atoms with Gasteiger partial charge >= 0.3 is 0 Å². The van der Waals surface area contributed by atoms with Crippen molar-refractivity contribution in [2.45, 2.75) is 26.1 Å². The van der Waals surface area contributed by atoms with Gasteiger partial charge in [-0.15, -0.1) is 0 Å². The zero-order chi connectivity index (χ0) is 23.6. The summed E-state index contributed by atoms with van der Waals surface area (Å²) in [5, 5.41) is 10.7. The summed E-state index contributed by atoms with van der Waals surface area (Å²) >= 11 is 0. The molecule has 0 aliphatic rings. The van der Waals surface area contributed by atoms with Crippen LogP contribution in [0.25, 0.3) is 0 Å². The van der Waals surface area contributed by atoms with Gasteiger partial charge in [0.1, 0.15) is 24.8 Å². The number of aliphatic hydroxyl groups excluding tert-OH is 1. The van der Waals surface area contributed by atoms with Crippen LogP contribution in [0.3, 0.4) is 0 Å². The molecular formula is C26H32N2O5. The summed E-state index contributed by atoms with van der Waals surface area (Å²) in [6.07, 6.45) is 1.68. The monoisotopic (exact) mass is 452 g/mol. The van der Waals surface area contributed by atoms with Gasteiger partial charge in [0, 0.05) is 38.4 Å². The zero-order valence-electron chi connectivity index (χ0n) is 19.4. The summed E-state index contributed by atoms with van der Waals surface area (Å²) in [7, 11) is 4.02. The van der Waals surface area contributed by atoms with Gasteiger partial charge in [-0.1, -0.05) is 12.1 Å². The van der Waals surface area contributed by atoms with Gasteiger partial charge in [-0.05, 0) is 55.0 Å². The van der Waals surface area contributed by atoms with Crippen molar-refractivity contribution in [2.75, 3.05) is 38.8 Å². The molecule has 2 aromatic carbocycles. The molecule has 7 nitrogen and oxygen atoms in total. The van der Waals surface area contributed by atoms with E-state index in [0.29, 0.717) is 43.3 Å². The second kappa shape index (κ2) is 12.1. The highest BCUT2D eigenvalue weighted by Crippen LogP contribution is 2.28. The molecule has 1 atom stereocenters. The number of carbonyl (C=O) groups excluding carboxylic acids is 1. The number of furan rings is 1. The van der Waals surface area contributed by atoms with Crippen LogP contribution in [0.2, 0.25) is 0 Å². The van der Waals surface area contributed by atoms with Crippen LogP contribution in [-0.2, 0) is 13.1 Å². The van der Waals surface area contributed by atoms with Crippen LogP contribution in [0.4, 0.5) is 5.69 Å². The van der Waals surface area contributed by atoms with E-state index in [4.69, 9.17) is 13.9 Å². The smallest absolute Gasteiger partial charge is 0.161 e. The molecule has 1 heterocycles. The summed E-state index contributed by atoms with van der Waals surface area (Å²) in [5.74, 6) is 1.82. The van der Waals surface area contributed by atoms with Crippen LogP contribution in [0, 0.1) is 0 Å². The predicted octanol–water partition coefficient (Wildman–Crippen LogP) is 4.00. The highest BCUT2D eigenvalue weighted by atomic mass is 16.5. The minimum atomic E-state index is -0.735. The normalized spacial score (nSPS) is 11.9. The lowest BCUT2D eigenvalue weighted by Crippen LogP contribution is -2.35. The van der Waals surface area contributed by atoms with Gasteiger partial charge in [0.05, 0.1) is 19.4 Å². The summed E-state index contributed by atoms with van der Waals surface area (Å²) in [6, 6.07) is 17.1. The molecule has 0 saturated carbocycles. The van der Waals surface area contributed by atoms with Gasteiger partial charge in [0.2, 0.25) is 0 Å². The van der Waals surface area contributed by atoms with Crippen molar-refractivity contribution in [2.24, 2.45) is 0 Å². The van der Waals surface area contributed by atoms with Crippen LogP contribution in [-0.4, -0.2) is 56.3 Å². The van der Waals surface area contributed by atoms with Crippen molar-refractivity contribution < 1.29 is 23.8 Å². The molecule has 0 bridgehead atoms. The van der Waals surface area contributed by atoms with Crippen molar-refractivity contribution >= 4 is 12.0 Å². The van der Waals surface area contributed by atoms with E-state index in [1.807, 2.05) is 33.2 Å². The van der Waals surface area contributed by atoms with E-state index < -0.39 is 6.10 Å². The Morgan fingerprint density at radius 2 is 1.82 bits per heavy atom. The molecule has 3 rings (SSSR count). The fourth-order valence-corrected chi connectivity index (χ4v) is 3.49. The minimum absolute atomic E-state index is 0.0920. The second-order valence-corrected chi connectivity index (χ2v) is 8.03. The molecule has 0 spiro atoms. The number of ether oxygens (including phenoxy) is 2. The first-order valence-corrected chi connectivity index (χ1v) is 11.0. The number of rotatable bonds is 13. The average molecular weight is 453 g/mol. The third-order valence-corrected chi connectivity index (χ3v) is 5.12. The number of aliphatic hydroxyl groups is 1. The highest BCUT2D eigenvalue weighted by Gasteiger charge is 2.16. The highest BCUT2D eigenvalue weighted by molar-refractivity contribution is 5.76. The lowest BCUT2D eigenvalue weighted by atomic mass is 10.1. The number of benzene rings is 2. The Kier molecular flexibility index (Phi) is 8.92. The molecular weight excluding hydrogens is 420 g/mol. The molecule has 0 fully saturated rings. The van der Waals surface area contributed by atoms with Crippen molar-refractivity contribution in [1.29, 1.82) is 0 Å². The molecule has 0 aliphatic carbocycles. The molecule has 176 valence electrons. The summed E-state index contributed by atoms with van der Waals surface area (Å²) < 4.78 is 16.9. The van der Waals surface area contributed by atoms with Crippen molar-refractivity contribution in [1.82, 2.24) is 4.90 Å². The van der Waals surface area contributed by atoms with Crippen LogP contribution in [0.1, 0.15) is 28.6 Å². The fraction of sp³-hybridized carbons (Fsp3) is 0.346. The van der Waals surface area contributed by atoms with Gasteiger partial charge < -0.3 is 23.9 Å². The van der Waals surface area contributed by atoms with Crippen LogP contribution in [0.15, 0.2) is 65.3 Å². The summed E-state index contributed by atoms with van der Waals surface area (Å²) in [6.45, 7) is 4.03. The van der Waals surface area contributed by atoms with Gasteiger partial charge in [0.25, 0.3) is 0 Å². The topological polar surface area (TPSA) is 75.4 Å². The maximum Gasteiger partial charge on any atom is 0.161 e. The largest absolute Gasteiger partial charge is 0.490 e. The third-order valence-electron chi connectivity index (χ3n) is 5.12. The molecule has 1 aromatic heterocycles. The molecule has 1 unspecified atom stereocenters. The molecule has 3 aromatic rings. The molecule has 0 aliphatic heterocycles. The summed E-state index contributed by atoms with van der Waals surface area (Å²) in [4.78, 5) is 15.2. The first kappa shape index (κ1) is 24.4. The van der Waals surface area contributed by atoms with Gasteiger partial charge in [-0.2, -0.15) is 0 Å². The van der Waals surface area contributed by atoms with Gasteiger partial charge in [0.15, 0.2) is 11.5 Å². The van der Waals surface area contributed by atoms with E-state index in [2.05, 4.69) is 34.1 Å².